The minimum absolute atomic E-state index is 0.161. The molecule has 10 N–H and O–H groups in total. The van der Waals surface area contributed by atoms with E-state index in [1.54, 1.807) is 0 Å². The molecule has 15 heteroatoms. The fourth-order valence-electron chi connectivity index (χ4n) is 1.69. The van der Waals surface area contributed by atoms with Gasteiger partial charge in [0.1, 0.15) is 42.7 Å². The van der Waals surface area contributed by atoms with Crippen LogP contribution in [0.1, 0.15) is 0 Å². The Morgan fingerprint density at radius 1 is 0.889 bits per heavy atom. The van der Waals surface area contributed by atoms with E-state index < -0.39 is 75.2 Å². The van der Waals surface area contributed by atoms with Crippen molar-refractivity contribution in [1.29, 1.82) is 0 Å². The lowest BCUT2D eigenvalue weighted by Gasteiger charge is -2.27. The Balaban J connectivity index is 4.93. The molecule has 0 aromatic rings. The second kappa shape index (κ2) is 11.2. The van der Waals surface area contributed by atoms with E-state index in [2.05, 4.69) is 4.52 Å². The monoisotopic (exact) mass is 422 g/mol. The van der Waals surface area contributed by atoms with Gasteiger partial charge in [0.2, 0.25) is 0 Å². The largest absolute Gasteiger partial charge is 0.397 e. The number of hydrogen-bond acceptors (Lipinski definition) is 13. The lowest BCUT2D eigenvalue weighted by atomic mass is 10.0. The molecule has 0 aliphatic heterocycles. The van der Waals surface area contributed by atoms with Crippen LogP contribution in [0.2, 0.25) is 0 Å². The average Bonchev–Trinajstić information content (AvgIpc) is 2.66. The SMILES string of the molecule is O=C[C@@H](O)[C@@H](O)[C@H](O)[C@H](O)COP(=O)(O)C(=O)[C@@H](O)[C@@H](O)[C@H](O)[C@H](O)CO. The molecule has 0 bridgehead atoms. The van der Waals surface area contributed by atoms with Crippen molar-refractivity contribution in [1.82, 2.24) is 0 Å². The minimum Gasteiger partial charge on any atom is -0.394 e. The van der Waals surface area contributed by atoms with Crippen molar-refractivity contribution in [3.05, 3.63) is 0 Å². The van der Waals surface area contributed by atoms with Crippen LogP contribution in [0.15, 0.2) is 0 Å². The maximum absolute atomic E-state index is 11.8. The Bertz CT molecular complexity index is 528. The van der Waals surface area contributed by atoms with Crippen molar-refractivity contribution in [3.63, 3.8) is 0 Å². The molecule has 160 valence electrons. The number of aliphatic hydroxyl groups excluding tert-OH is 9. The molecule has 0 radical (unpaired) electrons. The molecule has 0 aliphatic carbocycles. The normalized spacial score (nSPS) is 23.2. The van der Waals surface area contributed by atoms with Gasteiger partial charge in [-0.3, -0.25) is 9.36 Å². The number of hydrogen-bond donors (Lipinski definition) is 10. The topological polar surface area (TPSA) is 263 Å². The van der Waals surface area contributed by atoms with E-state index >= 15 is 0 Å². The summed E-state index contributed by atoms with van der Waals surface area (Å²) >= 11 is 0. The predicted octanol–water partition coefficient (Wildman–Crippen LogP) is -6.21. The highest BCUT2D eigenvalue weighted by atomic mass is 31.2. The highest BCUT2D eigenvalue weighted by Crippen LogP contribution is 2.44. The summed E-state index contributed by atoms with van der Waals surface area (Å²) in [5, 5.41) is 83.3. The Labute approximate surface area is 152 Å². The molecule has 0 saturated heterocycles. The van der Waals surface area contributed by atoms with E-state index in [1.807, 2.05) is 0 Å². The van der Waals surface area contributed by atoms with Gasteiger partial charge in [-0.2, -0.15) is 0 Å². The molecule has 0 fully saturated rings. The van der Waals surface area contributed by atoms with Crippen molar-refractivity contribution in [2.75, 3.05) is 13.2 Å². The molecule has 14 nitrogen and oxygen atoms in total. The van der Waals surface area contributed by atoms with Crippen LogP contribution in [0.5, 0.6) is 0 Å². The standard InChI is InChI=1S/C12H23O14P/c13-1-4(15)7(18)9(20)6(17)3-26-27(24,25)12(23)11(22)10(21)8(19)5(16)2-14/h1,4-11,14-22H,2-3H2,(H,24,25)/t4-,5-,6-,7-,8-,9-,10+,11+/m1/s1. The van der Waals surface area contributed by atoms with Crippen LogP contribution < -0.4 is 0 Å². The molecule has 0 saturated carbocycles. The third-order valence-corrected chi connectivity index (χ3v) is 4.76. The van der Waals surface area contributed by atoms with E-state index in [1.165, 1.54) is 0 Å². The van der Waals surface area contributed by atoms with Crippen molar-refractivity contribution in [3.8, 4) is 0 Å². The van der Waals surface area contributed by atoms with E-state index in [0.717, 1.165) is 0 Å². The number of aldehydes is 1. The van der Waals surface area contributed by atoms with Crippen molar-refractivity contribution in [2.45, 2.75) is 48.8 Å². The van der Waals surface area contributed by atoms with Crippen LogP contribution in [0.3, 0.4) is 0 Å². The molecule has 9 atom stereocenters. The summed E-state index contributed by atoms with van der Waals surface area (Å²) in [7, 11) is -5.42. The van der Waals surface area contributed by atoms with Gasteiger partial charge in [-0.15, -0.1) is 0 Å². The van der Waals surface area contributed by atoms with Crippen LogP contribution >= 0.6 is 7.60 Å². The summed E-state index contributed by atoms with van der Waals surface area (Å²) in [6.07, 6.45) is -18.3. The van der Waals surface area contributed by atoms with Crippen LogP contribution in [-0.4, -0.2) is 125 Å². The Morgan fingerprint density at radius 2 is 1.37 bits per heavy atom. The lowest BCUT2D eigenvalue weighted by molar-refractivity contribution is -0.142. The van der Waals surface area contributed by atoms with E-state index in [9.17, 15) is 49.7 Å². The highest BCUT2D eigenvalue weighted by molar-refractivity contribution is 7.71. The van der Waals surface area contributed by atoms with Gasteiger partial charge < -0.3 is 60.2 Å². The number of aliphatic hydroxyl groups is 9. The van der Waals surface area contributed by atoms with Gasteiger partial charge in [0.15, 0.2) is 12.4 Å². The predicted molar refractivity (Wildman–Crippen MR) is 82.0 cm³/mol. The first kappa shape index (κ1) is 26.1. The van der Waals surface area contributed by atoms with E-state index in [4.69, 9.17) is 15.3 Å². The second-order valence-corrected chi connectivity index (χ2v) is 7.25. The average molecular weight is 422 g/mol. The smallest absolute Gasteiger partial charge is 0.394 e. The zero-order valence-corrected chi connectivity index (χ0v) is 14.6. The molecular formula is C12H23O14P. The zero-order valence-electron chi connectivity index (χ0n) is 13.7. The molecule has 0 rings (SSSR count). The Morgan fingerprint density at radius 3 is 1.81 bits per heavy atom. The van der Waals surface area contributed by atoms with Crippen LogP contribution in [0.25, 0.3) is 0 Å². The lowest BCUT2D eigenvalue weighted by Crippen LogP contribution is -2.49. The molecule has 1 unspecified atom stereocenters. The van der Waals surface area contributed by atoms with E-state index in [0.29, 0.717) is 0 Å². The summed E-state index contributed by atoms with van der Waals surface area (Å²) in [4.78, 5) is 31.4. The molecule has 0 aromatic heterocycles. The second-order valence-electron chi connectivity index (χ2n) is 5.51. The van der Waals surface area contributed by atoms with Gasteiger partial charge in [0.05, 0.1) is 13.2 Å². The molecule has 0 aromatic carbocycles. The quantitative estimate of drug-likeness (QED) is 0.0978. The summed E-state index contributed by atoms with van der Waals surface area (Å²) < 4.78 is 15.9. The summed E-state index contributed by atoms with van der Waals surface area (Å²) in [5.41, 5.74) is -2.05. The first-order chi connectivity index (χ1) is 12.3. The molecular weight excluding hydrogens is 399 g/mol. The minimum atomic E-state index is -5.42. The zero-order chi connectivity index (χ0) is 21.5. The number of carbonyl (C=O) groups excluding carboxylic acids is 2. The van der Waals surface area contributed by atoms with Gasteiger partial charge in [0, 0.05) is 0 Å². The van der Waals surface area contributed by atoms with Crippen molar-refractivity contribution >= 4 is 19.4 Å². The molecule has 0 heterocycles. The van der Waals surface area contributed by atoms with Crippen LogP contribution in [0.4, 0.5) is 0 Å². The van der Waals surface area contributed by atoms with Crippen LogP contribution in [0, 0.1) is 0 Å². The Kier molecular flexibility index (Phi) is 10.8. The first-order valence-corrected chi connectivity index (χ1v) is 8.92. The number of rotatable bonds is 13. The maximum Gasteiger partial charge on any atom is 0.397 e. The summed E-state index contributed by atoms with van der Waals surface area (Å²) in [5.74, 6) is 0. The summed E-state index contributed by atoms with van der Waals surface area (Å²) in [6.45, 7) is -2.35. The van der Waals surface area contributed by atoms with Gasteiger partial charge in [-0.05, 0) is 0 Å². The van der Waals surface area contributed by atoms with Gasteiger partial charge >= 0.3 is 7.60 Å². The highest BCUT2D eigenvalue weighted by Gasteiger charge is 2.44. The summed E-state index contributed by atoms with van der Waals surface area (Å²) in [6, 6.07) is 0. The number of carbonyl (C=O) groups is 2. The molecule has 27 heavy (non-hydrogen) atoms. The molecule has 0 aliphatic rings. The molecule has 0 amide bonds. The van der Waals surface area contributed by atoms with Gasteiger partial charge in [-0.25, -0.2) is 0 Å². The third kappa shape index (κ3) is 7.23. The van der Waals surface area contributed by atoms with Crippen molar-refractivity contribution < 1.29 is 69.5 Å². The Hall–Kier alpha value is -0.870. The van der Waals surface area contributed by atoms with E-state index in [-0.39, 0.29) is 6.29 Å². The molecule has 0 spiro atoms. The van der Waals surface area contributed by atoms with Gasteiger partial charge in [0.25, 0.3) is 5.52 Å². The van der Waals surface area contributed by atoms with Crippen LogP contribution in [-0.2, 0) is 18.7 Å². The van der Waals surface area contributed by atoms with Gasteiger partial charge in [-0.1, -0.05) is 0 Å². The maximum atomic E-state index is 11.8. The van der Waals surface area contributed by atoms with Crippen molar-refractivity contribution in [2.24, 2.45) is 0 Å². The fourth-order valence-corrected chi connectivity index (χ4v) is 2.65. The first-order valence-electron chi connectivity index (χ1n) is 7.34. The fraction of sp³-hybridized carbons (Fsp3) is 0.833. The third-order valence-electron chi connectivity index (χ3n) is 3.44.